The lowest BCUT2D eigenvalue weighted by atomic mass is 10.2. The van der Waals surface area contributed by atoms with Gasteiger partial charge < -0.3 is 14.6 Å². The van der Waals surface area contributed by atoms with Crippen molar-refractivity contribution >= 4 is 0 Å². The van der Waals surface area contributed by atoms with Crippen LogP contribution in [0.15, 0.2) is 18.2 Å². The predicted octanol–water partition coefficient (Wildman–Crippen LogP) is 2.39. The van der Waals surface area contributed by atoms with E-state index in [9.17, 15) is 18.3 Å². The number of halogens is 3. The summed E-state index contributed by atoms with van der Waals surface area (Å²) in [4.78, 5) is 0. The van der Waals surface area contributed by atoms with Crippen molar-refractivity contribution in [1.82, 2.24) is 0 Å². The second-order valence-corrected chi connectivity index (χ2v) is 2.73. The quantitative estimate of drug-likeness (QED) is 0.798. The van der Waals surface area contributed by atoms with Crippen LogP contribution in [-0.2, 0) is 10.9 Å². The summed E-state index contributed by atoms with van der Waals surface area (Å²) in [7, 11) is 1.32. The molecule has 15 heavy (non-hydrogen) atoms. The number of phenolic OH excluding ortho intramolecular Hbond substituents is 1. The average molecular weight is 222 g/mol. The van der Waals surface area contributed by atoms with Gasteiger partial charge in [-0.05, 0) is 18.2 Å². The van der Waals surface area contributed by atoms with E-state index in [0.717, 1.165) is 12.1 Å². The molecule has 0 atom stereocenters. The number of hydrogen-bond acceptors (Lipinski definition) is 3. The Morgan fingerprint density at radius 1 is 1.33 bits per heavy atom. The maximum atomic E-state index is 12.3. The summed E-state index contributed by atoms with van der Waals surface area (Å²) in [6.07, 6.45) is -4.46. The van der Waals surface area contributed by atoms with Gasteiger partial charge in [0.15, 0.2) is 18.3 Å². The molecular weight excluding hydrogens is 213 g/mol. The van der Waals surface area contributed by atoms with E-state index in [0.29, 0.717) is 6.07 Å². The van der Waals surface area contributed by atoms with Crippen LogP contribution in [0.1, 0.15) is 5.56 Å². The minimum atomic E-state index is -4.46. The van der Waals surface area contributed by atoms with Gasteiger partial charge in [0.25, 0.3) is 0 Å². The van der Waals surface area contributed by atoms with Crippen LogP contribution in [-0.4, -0.2) is 19.0 Å². The van der Waals surface area contributed by atoms with Gasteiger partial charge in [-0.3, -0.25) is 0 Å². The highest BCUT2D eigenvalue weighted by Gasteiger charge is 2.31. The maximum absolute atomic E-state index is 12.3. The molecule has 0 saturated heterocycles. The zero-order valence-electron chi connectivity index (χ0n) is 7.84. The van der Waals surface area contributed by atoms with Crippen molar-refractivity contribution in [3.05, 3.63) is 23.8 Å². The van der Waals surface area contributed by atoms with Crippen LogP contribution in [0.4, 0.5) is 13.2 Å². The fraction of sp³-hybridized carbons (Fsp3) is 0.333. The minimum Gasteiger partial charge on any atom is -0.504 e. The molecule has 0 fully saturated rings. The SMILES string of the molecule is COCOc1cc(C(F)(F)F)ccc1O. The average Bonchev–Trinajstić information content (AvgIpc) is 2.15. The van der Waals surface area contributed by atoms with E-state index >= 15 is 0 Å². The molecule has 3 nitrogen and oxygen atoms in total. The van der Waals surface area contributed by atoms with Crippen LogP contribution in [0.5, 0.6) is 11.5 Å². The van der Waals surface area contributed by atoms with Gasteiger partial charge in [-0.2, -0.15) is 13.2 Å². The Labute approximate surface area is 84.0 Å². The summed E-state index contributed by atoms with van der Waals surface area (Å²) in [6, 6.07) is 2.41. The summed E-state index contributed by atoms with van der Waals surface area (Å²) in [5, 5.41) is 9.18. The zero-order chi connectivity index (χ0) is 11.5. The van der Waals surface area contributed by atoms with Crippen molar-refractivity contribution in [3.63, 3.8) is 0 Å². The fourth-order valence-electron chi connectivity index (χ4n) is 0.928. The number of benzene rings is 1. The first-order valence-corrected chi connectivity index (χ1v) is 3.97. The van der Waals surface area contributed by atoms with Crippen LogP contribution < -0.4 is 4.74 Å². The van der Waals surface area contributed by atoms with E-state index in [-0.39, 0.29) is 18.3 Å². The van der Waals surface area contributed by atoms with Crippen molar-refractivity contribution in [3.8, 4) is 11.5 Å². The number of rotatable bonds is 3. The van der Waals surface area contributed by atoms with Crippen LogP contribution >= 0.6 is 0 Å². The summed E-state index contributed by atoms with van der Waals surface area (Å²) >= 11 is 0. The highest BCUT2D eigenvalue weighted by molar-refractivity contribution is 5.42. The predicted molar refractivity (Wildman–Crippen MR) is 45.6 cm³/mol. The molecular formula is C9H9F3O3. The Kier molecular flexibility index (Phi) is 3.41. The van der Waals surface area contributed by atoms with Crippen LogP contribution in [0.25, 0.3) is 0 Å². The van der Waals surface area contributed by atoms with Gasteiger partial charge >= 0.3 is 6.18 Å². The monoisotopic (exact) mass is 222 g/mol. The highest BCUT2D eigenvalue weighted by Crippen LogP contribution is 2.35. The van der Waals surface area contributed by atoms with Gasteiger partial charge in [0.05, 0.1) is 5.56 Å². The third-order valence-corrected chi connectivity index (χ3v) is 1.62. The molecule has 0 aliphatic rings. The molecule has 1 rings (SSSR count). The van der Waals surface area contributed by atoms with E-state index in [2.05, 4.69) is 4.74 Å². The van der Waals surface area contributed by atoms with E-state index in [1.807, 2.05) is 0 Å². The summed E-state index contributed by atoms with van der Waals surface area (Å²) < 4.78 is 46.0. The number of aromatic hydroxyl groups is 1. The molecule has 0 unspecified atom stereocenters. The summed E-state index contributed by atoms with van der Waals surface area (Å²) in [6.45, 7) is -0.227. The molecule has 1 aromatic rings. The molecule has 6 heteroatoms. The Hall–Kier alpha value is -1.43. The molecule has 0 bridgehead atoms. The van der Waals surface area contributed by atoms with E-state index in [1.54, 1.807) is 0 Å². The molecule has 0 amide bonds. The molecule has 0 radical (unpaired) electrons. The minimum absolute atomic E-state index is 0.227. The second kappa shape index (κ2) is 4.39. The normalized spacial score (nSPS) is 11.5. The molecule has 0 aliphatic heterocycles. The number of methoxy groups -OCH3 is 1. The Balaban J connectivity index is 2.95. The highest BCUT2D eigenvalue weighted by atomic mass is 19.4. The summed E-state index contributed by atoms with van der Waals surface area (Å²) in [5.41, 5.74) is -0.883. The van der Waals surface area contributed by atoms with Gasteiger partial charge in [0, 0.05) is 7.11 Å². The van der Waals surface area contributed by atoms with Crippen molar-refractivity contribution in [2.24, 2.45) is 0 Å². The molecule has 1 aromatic carbocycles. The number of alkyl halides is 3. The Morgan fingerprint density at radius 2 is 2.00 bits per heavy atom. The van der Waals surface area contributed by atoms with Crippen molar-refractivity contribution < 1.29 is 27.8 Å². The van der Waals surface area contributed by atoms with E-state index < -0.39 is 11.7 Å². The first kappa shape index (κ1) is 11.6. The number of ether oxygens (including phenoxy) is 2. The van der Waals surface area contributed by atoms with Gasteiger partial charge in [0.1, 0.15) is 0 Å². The molecule has 0 aliphatic carbocycles. The number of hydrogen-bond donors (Lipinski definition) is 1. The first-order valence-electron chi connectivity index (χ1n) is 3.97. The third-order valence-electron chi connectivity index (χ3n) is 1.62. The molecule has 0 saturated carbocycles. The lowest BCUT2D eigenvalue weighted by molar-refractivity contribution is -0.137. The van der Waals surface area contributed by atoms with Gasteiger partial charge in [-0.1, -0.05) is 0 Å². The Morgan fingerprint density at radius 3 is 2.53 bits per heavy atom. The first-order chi connectivity index (χ1) is 6.95. The number of phenols is 1. The van der Waals surface area contributed by atoms with Crippen LogP contribution in [0.2, 0.25) is 0 Å². The van der Waals surface area contributed by atoms with Gasteiger partial charge in [-0.25, -0.2) is 0 Å². The van der Waals surface area contributed by atoms with Gasteiger partial charge in [-0.15, -0.1) is 0 Å². The maximum Gasteiger partial charge on any atom is 0.416 e. The summed E-state index contributed by atoms with van der Waals surface area (Å²) in [5.74, 6) is -0.619. The Bertz CT molecular complexity index is 336. The van der Waals surface area contributed by atoms with Crippen LogP contribution in [0.3, 0.4) is 0 Å². The van der Waals surface area contributed by atoms with E-state index in [4.69, 9.17) is 4.74 Å². The smallest absolute Gasteiger partial charge is 0.416 e. The van der Waals surface area contributed by atoms with Crippen molar-refractivity contribution in [1.29, 1.82) is 0 Å². The lowest BCUT2D eigenvalue weighted by Gasteiger charge is -2.10. The largest absolute Gasteiger partial charge is 0.504 e. The molecule has 0 heterocycles. The fourth-order valence-corrected chi connectivity index (χ4v) is 0.928. The molecule has 0 spiro atoms. The molecule has 1 N–H and O–H groups in total. The topological polar surface area (TPSA) is 38.7 Å². The molecule has 0 aromatic heterocycles. The van der Waals surface area contributed by atoms with Crippen LogP contribution in [0, 0.1) is 0 Å². The van der Waals surface area contributed by atoms with Crippen molar-refractivity contribution in [2.75, 3.05) is 13.9 Å². The lowest BCUT2D eigenvalue weighted by Crippen LogP contribution is -2.06. The van der Waals surface area contributed by atoms with Crippen molar-refractivity contribution in [2.45, 2.75) is 6.18 Å². The van der Waals surface area contributed by atoms with E-state index in [1.165, 1.54) is 7.11 Å². The third kappa shape index (κ3) is 3.02. The standard InChI is InChI=1S/C9H9F3O3/c1-14-5-15-8-4-6(9(10,11)12)2-3-7(8)13/h2-4,13H,5H2,1H3. The van der Waals surface area contributed by atoms with Gasteiger partial charge in [0.2, 0.25) is 0 Å². The second-order valence-electron chi connectivity index (χ2n) is 2.73. The molecule has 84 valence electrons. The zero-order valence-corrected chi connectivity index (χ0v) is 7.84.